The van der Waals surface area contributed by atoms with Crippen LogP contribution in [0.2, 0.25) is 0 Å². The van der Waals surface area contributed by atoms with Crippen LogP contribution in [0.1, 0.15) is 51.1 Å². The third-order valence-electron chi connectivity index (χ3n) is 6.68. The van der Waals surface area contributed by atoms with E-state index in [2.05, 4.69) is 20.9 Å². The maximum absolute atomic E-state index is 13.3. The van der Waals surface area contributed by atoms with E-state index in [1.807, 2.05) is 37.4 Å². The molecular weight excluding hydrogens is 526 g/mol. The summed E-state index contributed by atoms with van der Waals surface area (Å²) in [5.74, 6) is -1.29. The summed E-state index contributed by atoms with van der Waals surface area (Å²) in [4.78, 5) is 65.2. The van der Waals surface area contributed by atoms with Gasteiger partial charge in [0.05, 0.1) is 22.7 Å². The summed E-state index contributed by atoms with van der Waals surface area (Å²) in [7, 11) is 0. The minimum Gasteiger partial charge on any atom is -0.368 e. The van der Waals surface area contributed by atoms with Crippen molar-refractivity contribution in [1.82, 2.24) is 20.9 Å². The molecule has 1 aromatic carbocycles. The van der Waals surface area contributed by atoms with Crippen molar-refractivity contribution in [3.8, 4) is 0 Å². The number of nitrogens with two attached hydrogens (primary N) is 1. The van der Waals surface area contributed by atoms with E-state index in [0.717, 1.165) is 31.0 Å². The Labute approximate surface area is 232 Å². The van der Waals surface area contributed by atoms with Crippen LogP contribution in [0.4, 0.5) is 0 Å². The number of carbonyl (C=O) groups excluding carboxylic acids is 5. The van der Waals surface area contributed by atoms with Gasteiger partial charge in [-0.2, -0.15) is 0 Å². The van der Waals surface area contributed by atoms with Gasteiger partial charge in [-0.1, -0.05) is 50.6 Å². The lowest BCUT2D eigenvalue weighted by molar-refractivity contribution is -0.141. The Morgan fingerprint density at radius 3 is 2.37 bits per heavy atom. The predicted octanol–water partition coefficient (Wildman–Crippen LogP) is 0.960. The molecular formula is C26H37N5O5S2. The molecule has 3 rings (SSSR count). The first-order valence-corrected chi connectivity index (χ1v) is 14.9. The lowest BCUT2D eigenvalue weighted by Crippen LogP contribution is -2.53. The van der Waals surface area contributed by atoms with E-state index in [1.54, 1.807) is 30.3 Å². The lowest BCUT2D eigenvalue weighted by atomic mass is 10.1. The van der Waals surface area contributed by atoms with Crippen molar-refractivity contribution in [2.24, 2.45) is 5.73 Å². The molecule has 0 radical (unpaired) electrons. The van der Waals surface area contributed by atoms with Crippen molar-refractivity contribution in [1.29, 1.82) is 0 Å². The maximum Gasteiger partial charge on any atom is 0.290 e. The Morgan fingerprint density at radius 2 is 1.76 bits per heavy atom. The number of rotatable bonds is 12. The van der Waals surface area contributed by atoms with Gasteiger partial charge in [0.2, 0.25) is 23.5 Å². The quantitative estimate of drug-likeness (QED) is 0.275. The van der Waals surface area contributed by atoms with Gasteiger partial charge in [0.1, 0.15) is 6.04 Å². The Hall–Kier alpha value is -2.57. The van der Waals surface area contributed by atoms with Crippen molar-refractivity contribution >= 4 is 52.9 Å². The largest absolute Gasteiger partial charge is 0.368 e. The van der Waals surface area contributed by atoms with Crippen LogP contribution in [0.3, 0.4) is 0 Å². The first kappa shape index (κ1) is 30.0. The molecule has 4 amide bonds. The summed E-state index contributed by atoms with van der Waals surface area (Å²) in [6.45, 7) is 4.90. The fourth-order valence-corrected chi connectivity index (χ4v) is 8.14. The van der Waals surface area contributed by atoms with Gasteiger partial charge >= 0.3 is 0 Å². The number of hydrogen-bond donors (Lipinski definition) is 4. The Bertz CT molecular complexity index is 1020. The molecule has 208 valence electrons. The molecule has 3 atom stereocenters. The Morgan fingerprint density at radius 1 is 1.08 bits per heavy atom. The summed E-state index contributed by atoms with van der Waals surface area (Å²) in [6.07, 6.45) is 2.74. The molecule has 0 aromatic heterocycles. The van der Waals surface area contributed by atoms with E-state index in [9.17, 15) is 24.0 Å². The minimum atomic E-state index is -1.07. The standard InChI is InChI=1S/C26H37N5O5S2/c1-3-9-18(29-24(35)19-14-26(16-31(19)4-2)37-12-8-13-38-26)22(33)25(36)28-15-20(32)30-21(23(27)34)17-10-6-5-7-11-17/h5-7,10-11,18-19,21H,3-4,8-9,12-16H2,1-2H3,(H2,27,34)(H,28,36)(H,29,35)(H,30,32)/t18?,19-,21-/m0/s1. The molecule has 0 saturated carbocycles. The van der Waals surface area contributed by atoms with Crippen molar-refractivity contribution in [2.45, 2.75) is 61.7 Å². The molecule has 1 aromatic rings. The fraction of sp³-hybridized carbons (Fsp3) is 0.577. The average molecular weight is 564 g/mol. The number of benzene rings is 1. The molecule has 2 fully saturated rings. The van der Waals surface area contributed by atoms with Crippen LogP contribution in [0.25, 0.3) is 0 Å². The summed E-state index contributed by atoms with van der Waals surface area (Å²) < 4.78 is -0.00616. The summed E-state index contributed by atoms with van der Waals surface area (Å²) in [5.41, 5.74) is 5.92. The minimum absolute atomic E-state index is 0.00616. The average Bonchev–Trinajstić information content (AvgIpc) is 3.28. The maximum atomic E-state index is 13.3. The number of Topliss-reactive ketones (excluding diaryl/α,β-unsaturated/α-hetero) is 1. The van der Waals surface area contributed by atoms with Gasteiger partial charge in [-0.25, -0.2) is 0 Å². The van der Waals surface area contributed by atoms with E-state index >= 15 is 0 Å². The van der Waals surface area contributed by atoms with Crippen LogP contribution in [0.5, 0.6) is 0 Å². The van der Waals surface area contributed by atoms with Crippen LogP contribution in [-0.4, -0.2) is 81.6 Å². The third kappa shape index (κ3) is 7.73. The summed E-state index contributed by atoms with van der Waals surface area (Å²) in [6, 6.07) is 6.05. The van der Waals surface area contributed by atoms with Gasteiger partial charge in [-0.15, -0.1) is 23.5 Å². The topological polar surface area (TPSA) is 151 Å². The molecule has 2 aliphatic rings. The Balaban J connectivity index is 1.56. The molecule has 2 saturated heterocycles. The van der Waals surface area contributed by atoms with Crippen LogP contribution in [-0.2, 0) is 24.0 Å². The van der Waals surface area contributed by atoms with E-state index < -0.39 is 42.1 Å². The van der Waals surface area contributed by atoms with E-state index in [0.29, 0.717) is 24.8 Å². The predicted molar refractivity (Wildman–Crippen MR) is 149 cm³/mol. The van der Waals surface area contributed by atoms with Crippen molar-refractivity contribution in [2.75, 3.05) is 31.1 Å². The molecule has 38 heavy (non-hydrogen) atoms. The van der Waals surface area contributed by atoms with E-state index in [1.165, 1.54) is 0 Å². The van der Waals surface area contributed by atoms with Crippen molar-refractivity contribution < 1.29 is 24.0 Å². The molecule has 5 N–H and O–H groups in total. The number of hydrogen-bond acceptors (Lipinski definition) is 8. The second-order valence-corrected chi connectivity index (χ2v) is 12.7. The van der Waals surface area contributed by atoms with Gasteiger partial charge < -0.3 is 21.7 Å². The van der Waals surface area contributed by atoms with Gasteiger partial charge in [0.25, 0.3) is 5.91 Å². The number of primary amides is 1. The molecule has 0 aliphatic carbocycles. The fourth-order valence-electron chi connectivity index (χ4n) is 4.73. The molecule has 1 unspecified atom stereocenters. The number of likely N-dealkylation sites (tertiary alicyclic amines) is 1. The highest BCUT2D eigenvalue weighted by atomic mass is 32.2. The number of carbonyl (C=O) groups is 5. The number of thioether (sulfide) groups is 2. The molecule has 1 spiro atoms. The highest BCUT2D eigenvalue weighted by Gasteiger charge is 2.48. The number of nitrogens with zero attached hydrogens (tertiary/aromatic N) is 1. The molecule has 12 heteroatoms. The van der Waals surface area contributed by atoms with E-state index in [-0.39, 0.29) is 16.0 Å². The molecule has 0 bridgehead atoms. The smallest absolute Gasteiger partial charge is 0.290 e. The summed E-state index contributed by atoms with van der Waals surface area (Å²) >= 11 is 3.82. The number of ketones is 1. The number of nitrogens with one attached hydrogen (secondary N) is 3. The van der Waals surface area contributed by atoms with Crippen molar-refractivity contribution in [3.05, 3.63) is 35.9 Å². The van der Waals surface area contributed by atoms with Crippen LogP contribution in [0.15, 0.2) is 30.3 Å². The first-order chi connectivity index (χ1) is 18.2. The van der Waals surface area contributed by atoms with Crippen molar-refractivity contribution in [3.63, 3.8) is 0 Å². The Kier molecular flexibility index (Phi) is 11.0. The zero-order valence-corrected chi connectivity index (χ0v) is 23.5. The van der Waals surface area contributed by atoms with Gasteiger partial charge in [0, 0.05) is 6.54 Å². The first-order valence-electron chi connectivity index (χ1n) is 13.0. The van der Waals surface area contributed by atoms with Crippen LogP contribution >= 0.6 is 23.5 Å². The second kappa shape index (κ2) is 14.0. The van der Waals surface area contributed by atoms with Gasteiger partial charge in [0.15, 0.2) is 0 Å². The normalized spacial score (nSPS) is 20.3. The SMILES string of the molecule is CCCC(NC(=O)[C@@H]1CC2(CN1CC)SCCCS2)C(=O)C(=O)NCC(=O)N[C@H](C(N)=O)c1ccccc1. The van der Waals surface area contributed by atoms with Crippen LogP contribution in [0, 0.1) is 0 Å². The highest BCUT2D eigenvalue weighted by molar-refractivity contribution is 8.18. The van der Waals surface area contributed by atoms with E-state index in [4.69, 9.17) is 5.73 Å². The molecule has 10 nitrogen and oxygen atoms in total. The zero-order valence-electron chi connectivity index (χ0n) is 21.9. The van der Waals surface area contributed by atoms with Gasteiger partial charge in [-0.3, -0.25) is 28.9 Å². The number of amides is 4. The van der Waals surface area contributed by atoms with Crippen LogP contribution < -0.4 is 21.7 Å². The highest BCUT2D eigenvalue weighted by Crippen LogP contribution is 2.50. The molecule has 2 aliphatic heterocycles. The van der Waals surface area contributed by atoms with Gasteiger partial charge in [-0.05, 0) is 42.9 Å². The second-order valence-electron chi connectivity index (χ2n) is 9.45. The monoisotopic (exact) mass is 563 g/mol. The zero-order chi connectivity index (χ0) is 27.7. The molecule has 2 heterocycles. The third-order valence-corrected chi connectivity index (χ3v) is 10.0. The summed E-state index contributed by atoms with van der Waals surface area (Å²) in [5, 5.41) is 7.59. The number of likely N-dealkylation sites (N-methyl/N-ethyl adjacent to an activating group) is 1. The lowest BCUT2D eigenvalue weighted by Gasteiger charge is -2.31.